The molecule has 1 aliphatic rings. The van der Waals surface area contributed by atoms with Crippen molar-refractivity contribution in [3.8, 4) is 11.5 Å². The van der Waals surface area contributed by atoms with Crippen LogP contribution < -0.4 is 19.1 Å². The van der Waals surface area contributed by atoms with E-state index in [-0.39, 0.29) is 24.9 Å². The van der Waals surface area contributed by atoms with Crippen LogP contribution in [0.1, 0.15) is 38.8 Å². The van der Waals surface area contributed by atoms with Gasteiger partial charge in [0.1, 0.15) is 12.6 Å². The van der Waals surface area contributed by atoms with E-state index in [2.05, 4.69) is 5.32 Å². The molecular formula is C25H33N3O6S. The molecule has 1 N–H and O–H groups in total. The largest absolute Gasteiger partial charge is 0.454 e. The molecule has 0 saturated heterocycles. The summed E-state index contributed by atoms with van der Waals surface area (Å²) < 4.78 is 37.0. The van der Waals surface area contributed by atoms with Gasteiger partial charge in [0.2, 0.25) is 28.6 Å². The second-order valence-corrected chi connectivity index (χ2v) is 11.6. The van der Waals surface area contributed by atoms with Gasteiger partial charge >= 0.3 is 0 Å². The molecule has 1 heterocycles. The van der Waals surface area contributed by atoms with Gasteiger partial charge in [-0.2, -0.15) is 0 Å². The van der Waals surface area contributed by atoms with E-state index >= 15 is 0 Å². The highest BCUT2D eigenvalue weighted by Crippen LogP contribution is 2.36. The number of hydrogen-bond acceptors (Lipinski definition) is 6. The molecule has 35 heavy (non-hydrogen) atoms. The zero-order valence-corrected chi connectivity index (χ0v) is 21.8. The van der Waals surface area contributed by atoms with Crippen molar-refractivity contribution in [2.45, 2.75) is 52.7 Å². The summed E-state index contributed by atoms with van der Waals surface area (Å²) in [4.78, 5) is 27.9. The predicted molar refractivity (Wildman–Crippen MR) is 134 cm³/mol. The van der Waals surface area contributed by atoms with Crippen molar-refractivity contribution < 1.29 is 27.5 Å². The molecule has 2 aromatic carbocycles. The van der Waals surface area contributed by atoms with Crippen LogP contribution in [0, 0.1) is 6.92 Å². The van der Waals surface area contributed by atoms with Crippen molar-refractivity contribution in [2.24, 2.45) is 0 Å². The van der Waals surface area contributed by atoms with E-state index in [1.165, 1.54) is 11.0 Å². The second-order valence-electron chi connectivity index (χ2n) is 9.73. The monoisotopic (exact) mass is 503 g/mol. The highest BCUT2D eigenvalue weighted by molar-refractivity contribution is 7.92. The zero-order chi connectivity index (χ0) is 26.0. The number of carbonyl (C=O) groups is 2. The Morgan fingerprint density at radius 2 is 1.69 bits per heavy atom. The first-order valence-electron chi connectivity index (χ1n) is 11.3. The van der Waals surface area contributed by atoms with Gasteiger partial charge in [0.05, 0.1) is 11.9 Å². The number of carbonyl (C=O) groups excluding carboxylic acids is 2. The minimum absolute atomic E-state index is 0.0430. The molecule has 1 aliphatic heterocycles. The summed E-state index contributed by atoms with van der Waals surface area (Å²) in [7, 11) is -3.83. The van der Waals surface area contributed by atoms with Gasteiger partial charge < -0.3 is 19.7 Å². The first-order valence-corrected chi connectivity index (χ1v) is 13.1. The molecule has 0 saturated carbocycles. The Balaban J connectivity index is 1.91. The molecule has 0 aromatic heterocycles. The van der Waals surface area contributed by atoms with E-state index in [4.69, 9.17) is 9.47 Å². The van der Waals surface area contributed by atoms with E-state index < -0.39 is 34.1 Å². The van der Waals surface area contributed by atoms with Crippen LogP contribution in [-0.4, -0.2) is 56.3 Å². The van der Waals surface area contributed by atoms with E-state index in [1.54, 1.807) is 19.1 Å². The Morgan fingerprint density at radius 3 is 2.29 bits per heavy atom. The summed E-state index contributed by atoms with van der Waals surface area (Å²) in [5.41, 5.74) is 1.67. The van der Waals surface area contributed by atoms with E-state index in [9.17, 15) is 18.0 Å². The van der Waals surface area contributed by atoms with Crippen molar-refractivity contribution in [1.82, 2.24) is 10.2 Å². The number of benzene rings is 2. The SMILES string of the molecule is Cc1ccc(CN(C(=O)CN(c2ccc3c(c2)OCO3)S(C)(=O)=O)[C@@H](C)C(=O)NC(C)(C)C)cc1. The molecule has 2 amide bonds. The topological polar surface area (TPSA) is 105 Å². The highest BCUT2D eigenvalue weighted by Gasteiger charge is 2.32. The highest BCUT2D eigenvalue weighted by atomic mass is 32.2. The van der Waals surface area contributed by atoms with E-state index in [0.717, 1.165) is 21.7 Å². The number of sulfonamides is 1. The fourth-order valence-corrected chi connectivity index (χ4v) is 4.44. The van der Waals surface area contributed by atoms with Gasteiger partial charge in [0.15, 0.2) is 11.5 Å². The van der Waals surface area contributed by atoms with Gasteiger partial charge in [-0.15, -0.1) is 0 Å². The van der Waals surface area contributed by atoms with Gasteiger partial charge in [-0.25, -0.2) is 8.42 Å². The summed E-state index contributed by atoms with van der Waals surface area (Å²) in [6, 6.07) is 11.5. The molecule has 0 bridgehead atoms. The lowest BCUT2D eigenvalue weighted by molar-refractivity contribution is -0.140. The Labute approximate surface area is 207 Å². The van der Waals surface area contributed by atoms with Crippen LogP contribution in [0.4, 0.5) is 5.69 Å². The third kappa shape index (κ3) is 6.88. The van der Waals surface area contributed by atoms with Crippen molar-refractivity contribution in [3.05, 3.63) is 53.6 Å². The van der Waals surface area contributed by atoms with Crippen LogP contribution in [0.15, 0.2) is 42.5 Å². The molecule has 0 fully saturated rings. The average molecular weight is 504 g/mol. The van der Waals surface area contributed by atoms with Gasteiger partial charge in [-0.1, -0.05) is 29.8 Å². The zero-order valence-electron chi connectivity index (χ0n) is 21.0. The number of ether oxygens (including phenoxy) is 2. The first kappa shape index (κ1) is 26.3. The number of nitrogens with one attached hydrogen (secondary N) is 1. The summed E-state index contributed by atoms with van der Waals surface area (Å²) in [5.74, 6) is 0.0669. The van der Waals surface area contributed by atoms with Gasteiger partial charge in [0, 0.05) is 18.2 Å². The van der Waals surface area contributed by atoms with Crippen LogP contribution in [0.25, 0.3) is 0 Å². The molecule has 1 atom stereocenters. The first-order chi connectivity index (χ1) is 16.2. The maximum Gasteiger partial charge on any atom is 0.244 e. The number of fused-ring (bicyclic) bond motifs is 1. The van der Waals surface area contributed by atoms with Crippen molar-refractivity contribution in [1.29, 1.82) is 0 Å². The molecule has 10 heteroatoms. The van der Waals surface area contributed by atoms with Crippen molar-refractivity contribution in [3.63, 3.8) is 0 Å². The fraction of sp³-hybridized carbons (Fsp3) is 0.440. The van der Waals surface area contributed by atoms with Crippen LogP contribution >= 0.6 is 0 Å². The third-order valence-electron chi connectivity index (χ3n) is 5.46. The van der Waals surface area contributed by atoms with Crippen LogP contribution in [0.5, 0.6) is 11.5 Å². The normalized spacial score (nSPS) is 13.8. The van der Waals surface area contributed by atoms with Crippen LogP contribution in [-0.2, 0) is 26.2 Å². The van der Waals surface area contributed by atoms with E-state index in [0.29, 0.717) is 11.5 Å². The maximum absolute atomic E-state index is 13.6. The number of aryl methyl sites for hydroxylation is 1. The van der Waals surface area contributed by atoms with Gasteiger partial charge in [0.25, 0.3) is 0 Å². The molecule has 9 nitrogen and oxygen atoms in total. The molecule has 0 unspecified atom stereocenters. The predicted octanol–water partition coefficient (Wildman–Crippen LogP) is 2.82. The summed E-state index contributed by atoms with van der Waals surface area (Å²) in [6.07, 6.45) is 1.03. The minimum Gasteiger partial charge on any atom is -0.454 e. The lowest BCUT2D eigenvalue weighted by Gasteiger charge is -2.33. The quantitative estimate of drug-likeness (QED) is 0.594. The molecule has 0 spiro atoms. The third-order valence-corrected chi connectivity index (χ3v) is 6.60. The van der Waals surface area contributed by atoms with Crippen LogP contribution in [0.3, 0.4) is 0 Å². The average Bonchev–Trinajstić information content (AvgIpc) is 3.22. The number of hydrogen-bond donors (Lipinski definition) is 1. The molecule has 2 aromatic rings. The molecule has 0 radical (unpaired) electrons. The second kappa shape index (κ2) is 10.2. The minimum atomic E-state index is -3.83. The maximum atomic E-state index is 13.6. The Kier molecular flexibility index (Phi) is 7.64. The molecular weight excluding hydrogens is 470 g/mol. The smallest absolute Gasteiger partial charge is 0.244 e. The van der Waals surface area contributed by atoms with Crippen LogP contribution in [0.2, 0.25) is 0 Å². The summed E-state index contributed by atoms with van der Waals surface area (Å²) >= 11 is 0. The molecule has 3 rings (SSSR count). The standard InChI is InChI=1S/C25H33N3O6S/c1-17-7-9-19(10-8-17)14-27(18(2)24(30)26-25(3,4)5)23(29)15-28(35(6,31)32)20-11-12-21-22(13-20)34-16-33-21/h7-13,18H,14-16H2,1-6H3,(H,26,30)/t18-/m0/s1. The van der Waals surface area contributed by atoms with E-state index in [1.807, 2.05) is 52.0 Å². The van der Waals surface area contributed by atoms with Gasteiger partial charge in [-0.3, -0.25) is 13.9 Å². The number of nitrogens with zero attached hydrogens (tertiary/aromatic N) is 2. The fourth-order valence-electron chi connectivity index (χ4n) is 3.60. The Bertz CT molecular complexity index is 1190. The lowest BCUT2D eigenvalue weighted by atomic mass is 10.1. The Hall–Kier alpha value is -3.27. The number of amides is 2. The summed E-state index contributed by atoms with van der Waals surface area (Å²) in [6.45, 7) is 8.88. The summed E-state index contributed by atoms with van der Waals surface area (Å²) in [5, 5.41) is 2.90. The Morgan fingerprint density at radius 1 is 1.06 bits per heavy atom. The van der Waals surface area contributed by atoms with Crippen molar-refractivity contribution >= 4 is 27.5 Å². The lowest BCUT2D eigenvalue weighted by Crippen LogP contribution is -2.54. The number of anilines is 1. The molecule has 0 aliphatic carbocycles. The van der Waals surface area contributed by atoms with Gasteiger partial charge in [-0.05, 0) is 52.3 Å². The molecule has 190 valence electrons. The number of rotatable bonds is 8. The van der Waals surface area contributed by atoms with Crippen molar-refractivity contribution in [2.75, 3.05) is 23.9 Å².